The fraction of sp³-hybridized carbons (Fsp3) is 0.357. The summed E-state index contributed by atoms with van der Waals surface area (Å²) in [6.07, 6.45) is 0.735. The predicted molar refractivity (Wildman–Crippen MR) is 79.6 cm³/mol. The first-order chi connectivity index (χ1) is 10.5. The average Bonchev–Trinajstić information content (AvgIpc) is 3.03. The molecule has 3 rings (SSSR count). The number of carbonyl (C=O) groups excluding carboxylic acids is 2. The number of nitrogens with zero attached hydrogens (tertiary/aromatic N) is 1. The molecule has 3 N–H and O–H groups in total. The van der Waals surface area contributed by atoms with Crippen LogP contribution in [0, 0.1) is 0 Å². The molecule has 3 amide bonds. The standard InChI is InChI=1S/C14H16N4O4/c1-8(19)15-10-4-5-18(7-10)13(20)16-9-2-3-11-12(6-9)22-14(21)17-11/h2-3,6,10H,4-5,7H2,1H3,(H,15,19)(H,16,20)(H,17,21)/t10-/m0/s1. The lowest BCUT2D eigenvalue weighted by molar-refractivity contribution is -0.119. The number of aromatic amines is 1. The summed E-state index contributed by atoms with van der Waals surface area (Å²) in [4.78, 5) is 38.5. The van der Waals surface area contributed by atoms with Crippen LogP contribution in [0.15, 0.2) is 27.4 Å². The molecule has 8 nitrogen and oxygen atoms in total. The Labute approximate surface area is 125 Å². The van der Waals surface area contributed by atoms with E-state index in [9.17, 15) is 14.4 Å². The van der Waals surface area contributed by atoms with E-state index in [0.717, 1.165) is 6.42 Å². The second-order valence-electron chi connectivity index (χ2n) is 5.29. The molecular formula is C14H16N4O4. The summed E-state index contributed by atoms with van der Waals surface area (Å²) >= 11 is 0. The third-order valence-electron chi connectivity index (χ3n) is 3.56. The Bertz CT molecular complexity index is 778. The van der Waals surface area contributed by atoms with E-state index in [1.54, 1.807) is 23.1 Å². The van der Waals surface area contributed by atoms with E-state index < -0.39 is 5.76 Å². The molecule has 116 valence electrons. The van der Waals surface area contributed by atoms with E-state index in [2.05, 4.69) is 15.6 Å². The van der Waals surface area contributed by atoms with Gasteiger partial charge in [-0.25, -0.2) is 9.59 Å². The zero-order valence-corrected chi connectivity index (χ0v) is 12.0. The number of hydrogen-bond acceptors (Lipinski definition) is 4. The lowest BCUT2D eigenvalue weighted by Crippen LogP contribution is -2.38. The van der Waals surface area contributed by atoms with E-state index in [4.69, 9.17) is 4.42 Å². The summed E-state index contributed by atoms with van der Waals surface area (Å²) in [6, 6.07) is 4.69. The molecule has 0 spiro atoms. The molecule has 1 aliphatic rings. The summed E-state index contributed by atoms with van der Waals surface area (Å²) in [5.41, 5.74) is 1.51. The van der Waals surface area contributed by atoms with Gasteiger partial charge in [-0.3, -0.25) is 9.78 Å². The Morgan fingerprint density at radius 1 is 1.41 bits per heavy atom. The monoisotopic (exact) mass is 304 g/mol. The van der Waals surface area contributed by atoms with Gasteiger partial charge < -0.3 is 20.0 Å². The van der Waals surface area contributed by atoms with Crippen LogP contribution in [0.2, 0.25) is 0 Å². The summed E-state index contributed by atoms with van der Waals surface area (Å²) in [7, 11) is 0. The van der Waals surface area contributed by atoms with Crippen LogP contribution in [0.1, 0.15) is 13.3 Å². The van der Waals surface area contributed by atoms with Gasteiger partial charge in [-0.15, -0.1) is 0 Å². The van der Waals surface area contributed by atoms with Gasteiger partial charge in [0.1, 0.15) is 0 Å². The highest BCUT2D eigenvalue weighted by Gasteiger charge is 2.26. The second kappa shape index (κ2) is 5.55. The Kier molecular flexibility index (Phi) is 3.58. The van der Waals surface area contributed by atoms with Crippen molar-refractivity contribution >= 4 is 28.7 Å². The van der Waals surface area contributed by atoms with Crippen molar-refractivity contribution in [3.05, 3.63) is 28.7 Å². The van der Waals surface area contributed by atoms with Crippen LogP contribution in [-0.4, -0.2) is 41.0 Å². The largest absolute Gasteiger partial charge is 0.417 e. The Morgan fingerprint density at radius 2 is 2.23 bits per heavy atom. The molecule has 0 saturated carbocycles. The van der Waals surface area contributed by atoms with E-state index in [1.807, 2.05) is 0 Å². The van der Waals surface area contributed by atoms with Crippen molar-refractivity contribution in [3.63, 3.8) is 0 Å². The molecule has 1 atom stereocenters. The third kappa shape index (κ3) is 2.95. The van der Waals surface area contributed by atoms with Crippen molar-refractivity contribution in [3.8, 4) is 0 Å². The molecule has 1 aliphatic heterocycles. The van der Waals surface area contributed by atoms with Gasteiger partial charge in [0.05, 0.1) is 5.52 Å². The molecule has 0 radical (unpaired) electrons. The number of oxazole rings is 1. The average molecular weight is 304 g/mol. The number of aromatic nitrogens is 1. The molecule has 1 saturated heterocycles. The van der Waals surface area contributed by atoms with Crippen LogP contribution in [0.3, 0.4) is 0 Å². The van der Waals surface area contributed by atoms with Crippen molar-refractivity contribution in [1.82, 2.24) is 15.2 Å². The molecule has 8 heteroatoms. The van der Waals surface area contributed by atoms with E-state index >= 15 is 0 Å². The number of benzene rings is 1. The SMILES string of the molecule is CC(=O)N[C@H]1CCN(C(=O)Nc2ccc3[nH]c(=O)oc3c2)C1. The number of H-pyrrole nitrogens is 1. The molecule has 0 bridgehead atoms. The number of rotatable bonds is 2. The first kappa shape index (κ1) is 14.2. The lowest BCUT2D eigenvalue weighted by atomic mass is 10.2. The summed E-state index contributed by atoms with van der Waals surface area (Å²) in [5.74, 6) is -0.628. The van der Waals surface area contributed by atoms with Gasteiger partial charge in [-0.05, 0) is 18.6 Å². The molecule has 1 aromatic heterocycles. The minimum Gasteiger partial charge on any atom is -0.408 e. The van der Waals surface area contributed by atoms with Crippen LogP contribution in [0.4, 0.5) is 10.5 Å². The third-order valence-corrected chi connectivity index (χ3v) is 3.56. The van der Waals surface area contributed by atoms with Gasteiger partial charge in [0.15, 0.2) is 5.58 Å². The highest BCUT2D eigenvalue weighted by atomic mass is 16.4. The number of likely N-dealkylation sites (tertiary alicyclic amines) is 1. The van der Waals surface area contributed by atoms with Gasteiger partial charge in [0, 0.05) is 37.8 Å². The molecule has 1 fully saturated rings. The van der Waals surface area contributed by atoms with E-state index in [0.29, 0.717) is 29.9 Å². The molecule has 22 heavy (non-hydrogen) atoms. The fourth-order valence-corrected chi connectivity index (χ4v) is 2.58. The molecule has 0 aliphatic carbocycles. The van der Waals surface area contributed by atoms with Crippen molar-refractivity contribution in [1.29, 1.82) is 0 Å². The highest BCUT2D eigenvalue weighted by Crippen LogP contribution is 2.18. The quantitative estimate of drug-likeness (QED) is 0.765. The summed E-state index contributed by atoms with van der Waals surface area (Å²) in [5, 5.41) is 5.56. The van der Waals surface area contributed by atoms with Gasteiger partial charge in [-0.2, -0.15) is 0 Å². The van der Waals surface area contributed by atoms with Gasteiger partial charge >= 0.3 is 11.8 Å². The first-order valence-electron chi connectivity index (χ1n) is 6.97. The van der Waals surface area contributed by atoms with Crippen molar-refractivity contribution in [2.75, 3.05) is 18.4 Å². The predicted octanol–water partition coefficient (Wildman–Crippen LogP) is 0.863. The zero-order chi connectivity index (χ0) is 15.7. The van der Waals surface area contributed by atoms with Crippen molar-refractivity contribution in [2.45, 2.75) is 19.4 Å². The Morgan fingerprint density at radius 3 is 3.00 bits per heavy atom. The normalized spacial score (nSPS) is 17.7. The Balaban J connectivity index is 1.65. The lowest BCUT2D eigenvalue weighted by Gasteiger charge is -2.17. The maximum absolute atomic E-state index is 12.2. The molecule has 2 aromatic rings. The highest BCUT2D eigenvalue weighted by molar-refractivity contribution is 5.91. The van der Waals surface area contributed by atoms with Crippen molar-refractivity contribution in [2.24, 2.45) is 0 Å². The maximum Gasteiger partial charge on any atom is 0.417 e. The van der Waals surface area contributed by atoms with Crippen LogP contribution < -0.4 is 16.4 Å². The maximum atomic E-state index is 12.2. The number of amides is 3. The van der Waals surface area contributed by atoms with Crippen LogP contribution >= 0.6 is 0 Å². The number of urea groups is 1. The van der Waals surface area contributed by atoms with Crippen LogP contribution in [-0.2, 0) is 4.79 Å². The van der Waals surface area contributed by atoms with E-state index in [1.165, 1.54) is 6.92 Å². The van der Waals surface area contributed by atoms with Gasteiger partial charge in [-0.1, -0.05) is 0 Å². The second-order valence-corrected chi connectivity index (χ2v) is 5.29. The van der Waals surface area contributed by atoms with Gasteiger partial charge in [0.2, 0.25) is 5.91 Å². The zero-order valence-electron chi connectivity index (χ0n) is 12.0. The summed E-state index contributed by atoms with van der Waals surface area (Å²) in [6.45, 7) is 2.52. The number of carbonyl (C=O) groups is 2. The molecular weight excluding hydrogens is 288 g/mol. The number of hydrogen-bond donors (Lipinski definition) is 3. The van der Waals surface area contributed by atoms with Gasteiger partial charge in [0.25, 0.3) is 0 Å². The number of nitrogens with one attached hydrogen (secondary N) is 3. The Hall–Kier alpha value is -2.77. The van der Waals surface area contributed by atoms with Crippen LogP contribution in [0.5, 0.6) is 0 Å². The summed E-state index contributed by atoms with van der Waals surface area (Å²) < 4.78 is 4.95. The fourth-order valence-electron chi connectivity index (χ4n) is 2.58. The molecule has 1 aromatic carbocycles. The van der Waals surface area contributed by atoms with Crippen LogP contribution in [0.25, 0.3) is 11.1 Å². The topological polar surface area (TPSA) is 107 Å². The number of anilines is 1. The van der Waals surface area contributed by atoms with E-state index in [-0.39, 0.29) is 18.0 Å². The number of fused-ring (bicyclic) bond motifs is 1. The first-order valence-corrected chi connectivity index (χ1v) is 6.97. The molecule has 2 heterocycles. The van der Waals surface area contributed by atoms with Crippen molar-refractivity contribution < 1.29 is 14.0 Å². The minimum atomic E-state index is -0.531. The molecule has 0 unspecified atom stereocenters. The smallest absolute Gasteiger partial charge is 0.408 e. The minimum absolute atomic E-state index is 0.00609.